The first-order valence-electron chi connectivity index (χ1n) is 8.39. The summed E-state index contributed by atoms with van der Waals surface area (Å²) in [4.78, 5) is 30.9. The Morgan fingerprint density at radius 3 is 3.12 bits per heavy atom. The number of anilines is 1. The maximum atomic E-state index is 12.4. The van der Waals surface area contributed by atoms with Crippen LogP contribution in [0.5, 0.6) is 0 Å². The Balaban J connectivity index is 1.40. The van der Waals surface area contributed by atoms with E-state index in [4.69, 9.17) is 0 Å². The molecule has 0 radical (unpaired) electrons. The van der Waals surface area contributed by atoms with E-state index in [0.29, 0.717) is 24.8 Å². The Morgan fingerprint density at radius 1 is 1.42 bits per heavy atom. The lowest BCUT2D eigenvalue weighted by atomic mass is 10.1. The molecule has 0 spiro atoms. The van der Waals surface area contributed by atoms with Crippen molar-refractivity contribution in [2.45, 2.75) is 19.9 Å². The highest BCUT2D eigenvalue weighted by Gasteiger charge is 2.36. The first-order valence-corrected chi connectivity index (χ1v) is 9.21. The number of aryl methyl sites for hydroxylation is 1. The van der Waals surface area contributed by atoms with Crippen LogP contribution >= 0.6 is 11.3 Å². The average Bonchev–Trinajstić information content (AvgIpc) is 3.33. The minimum Gasteiger partial charge on any atom is -0.354 e. The molecule has 1 atom stereocenters. The van der Waals surface area contributed by atoms with Crippen LogP contribution in [-0.2, 0) is 16.1 Å². The molecule has 1 fully saturated rings. The number of amides is 2. The maximum Gasteiger partial charge on any atom is 0.229 e. The normalized spacial score (nSPS) is 17.2. The summed E-state index contributed by atoms with van der Waals surface area (Å²) in [6, 6.07) is 6.02. The Hall–Kier alpha value is -2.81. The van der Waals surface area contributed by atoms with Gasteiger partial charge in [0.05, 0.1) is 28.9 Å². The molecule has 0 aliphatic carbocycles. The summed E-state index contributed by atoms with van der Waals surface area (Å²) >= 11 is 1.49. The molecule has 1 saturated heterocycles. The third-order valence-electron chi connectivity index (χ3n) is 4.37. The number of hydrogen-bond donors (Lipinski definition) is 1. The lowest BCUT2D eigenvalue weighted by Gasteiger charge is -2.13. The monoisotopic (exact) mass is 370 g/mol. The fraction of sp³-hybridized carbons (Fsp3) is 0.353. The van der Waals surface area contributed by atoms with Gasteiger partial charge in [0.25, 0.3) is 0 Å². The lowest BCUT2D eigenvalue weighted by Crippen LogP contribution is -2.34. The minimum atomic E-state index is -0.355. The topological polar surface area (TPSA) is 93.0 Å². The van der Waals surface area contributed by atoms with Crippen molar-refractivity contribution in [2.24, 2.45) is 5.92 Å². The second-order valence-electron chi connectivity index (χ2n) is 6.33. The third kappa shape index (κ3) is 3.30. The molecule has 4 rings (SSSR count). The molecule has 1 aromatic carbocycles. The molecule has 134 valence electrons. The zero-order valence-electron chi connectivity index (χ0n) is 14.3. The molecule has 1 unspecified atom stereocenters. The molecular formula is C17H18N6O2S. The molecule has 9 heteroatoms. The van der Waals surface area contributed by atoms with Gasteiger partial charge in [-0.15, -0.1) is 5.10 Å². The third-order valence-corrected chi connectivity index (χ3v) is 5.41. The lowest BCUT2D eigenvalue weighted by molar-refractivity contribution is -0.126. The summed E-state index contributed by atoms with van der Waals surface area (Å²) in [5.74, 6) is -0.526. The van der Waals surface area contributed by atoms with Gasteiger partial charge in [-0.2, -0.15) is 0 Å². The van der Waals surface area contributed by atoms with Crippen LogP contribution in [0.2, 0.25) is 0 Å². The Bertz CT molecular complexity index is 951. The van der Waals surface area contributed by atoms with Crippen LogP contribution in [0.15, 0.2) is 30.6 Å². The van der Waals surface area contributed by atoms with Crippen LogP contribution < -0.4 is 10.2 Å². The number of thiazole rings is 1. The molecule has 2 amide bonds. The van der Waals surface area contributed by atoms with Crippen molar-refractivity contribution in [3.8, 4) is 0 Å². The van der Waals surface area contributed by atoms with E-state index in [1.54, 1.807) is 22.0 Å². The van der Waals surface area contributed by atoms with Crippen molar-refractivity contribution in [3.63, 3.8) is 0 Å². The van der Waals surface area contributed by atoms with Gasteiger partial charge >= 0.3 is 0 Å². The van der Waals surface area contributed by atoms with Crippen molar-refractivity contribution in [3.05, 3.63) is 36.2 Å². The van der Waals surface area contributed by atoms with Gasteiger partial charge in [-0.3, -0.25) is 19.2 Å². The molecule has 3 aromatic rings. The van der Waals surface area contributed by atoms with E-state index in [2.05, 4.69) is 26.7 Å². The largest absolute Gasteiger partial charge is 0.354 e. The zero-order chi connectivity index (χ0) is 18.1. The van der Waals surface area contributed by atoms with Crippen molar-refractivity contribution < 1.29 is 9.59 Å². The highest BCUT2D eigenvalue weighted by atomic mass is 32.1. The van der Waals surface area contributed by atoms with Gasteiger partial charge < -0.3 is 5.32 Å². The van der Waals surface area contributed by atoms with E-state index < -0.39 is 0 Å². The van der Waals surface area contributed by atoms with Gasteiger partial charge in [-0.25, -0.2) is 4.98 Å². The summed E-state index contributed by atoms with van der Waals surface area (Å²) in [5.41, 5.74) is 2.04. The van der Waals surface area contributed by atoms with E-state index in [1.807, 2.05) is 19.1 Å². The van der Waals surface area contributed by atoms with E-state index in [1.165, 1.54) is 11.3 Å². The van der Waals surface area contributed by atoms with Gasteiger partial charge in [0, 0.05) is 25.7 Å². The minimum absolute atomic E-state index is 0.0581. The van der Waals surface area contributed by atoms with Crippen molar-refractivity contribution in [1.82, 2.24) is 25.3 Å². The maximum absolute atomic E-state index is 12.4. The predicted molar refractivity (Wildman–Crippen MR) is 97.8 cm³/mol. The Kier molecular flexibility index (Phi) is 4.37. The summed E-state index contributed by atoms with van der Waals surface area (Å²) < 4.78 is 2.70. The summed E-state index contributed by atoms with van der Waals surface area (Å²) in [6.45, 7) is 3.40. The first kappa shape index (κ1) is 16.6. The van der Waals surface area contributed by atoms with Crippen LogP contribution in [-0.4, -0.2) is 44.9 Å². The Labute approximate surface area is 153 Å². The van der Waals surface area contributed by atoms with Gasteiger partial charge in [0.15, 0.2) is 5.13 Å². The standard InChI is InChI=1S/C17H18N6O2S/c1-11-2-3-13-14(8-11)26-17(20-13)23-10-12(9-15(23)24)16(25)18-4-6-22-7-5-19-21-22/h2-3,5,7-8,12H,4,6,9-10H2,1H3,(H,18,25). The van der Waals surface area contributed by atoms with E-state index in [-0.39, 0.29) is 24.2 Å². The number of benzene rings is 1. The second-order valence-corrected chi connectivity index (χ2v) is 7.34. The highest BCUT2D eigenvalue weighted by Crippen LogP contribution is 2.33. The molecule has 1 N–H and O–H groups in total. The predicted octanol–water partition coefficient (Wildman–Crippen LogP) is 1.37. The van der Waals surface area contributed by atoms with Gasteiger partial charge in [-0.05, 0) is 24.6 Å². The van der Waals surface area contributed by atoms with Crippen molar-refractivity contribution in [2.75, 3.05) is 18.0 Å². The average molecular weight is 370 g/mol. The fourth-order valence-corrected chi connectivity index (χ4v) is 4.08. The molecule has 1 aliphatic rings. The summed E-state index contributed by atoms with van der Waals surface area (Å²) in [5, 5.41) is 11.1. The molecule has 3 heterocycles. The number of rotatable bonds is 5. The molecule has 0 bridgehead atoms. The van der Waals surface area contributed by atoms with Crippen LogP contribution in [0.4, 0.5) is 5.13 Å². The van der Waals surface area contributed by atoms with Crippen LogP contribution in [0.1, 0.15) is 12.0 Å². The van der Waals surface area contributed by atoms with Crippen LogP contribution in [0.25, 0.3) is 10.2 Å². The number of hydrogen-bond acceptors (Lipinski definition) is 6. The number of aromatic nitrogens is 4. The molecule has 26 heavy (non-hydrogen) atoms. The SMILES string of the molecule is Cc1ccc2nc(N3CC(C(=O)NCCn4ccnn4)CC3=O)sc2c1. The molecular weight excluding hydrogens is 352 g/mol. The van der Waals surface area contributed by atoms with E-state index >= 15 is 0 Å². The van der Waals surface area contributed by atoms with Gasteiger partial charge in [0.2, 0.25) is 11.8 Å². The van der Waals surface area contributed by atoms with E-state index in [9.17, 15) is 9.59 Å². The number of nitrogens with zero attached hydrogens (tertiary/aromatic N) is 5. The summed E-state index contributed by atoms with van der Waals surface area (Å²) in [7, 11) is 0. The highest BCUT2D eigenvalue weighted by molar-refractivity contribution is 7.22. The Morgan fingerprint density at radius 2 is 2.31 bits per heavy atom. The number of fused-ring (bicyclic) bond motifs is 1. The summed E-state index contributed by atoms with van der Waals surface area (Å²) in [6.07, 6.45) is 3.54. The van der Waals surface area contributed by atoms with Crippen molar-refractivity contribution in [1.29, 1.82) is 0 Å². The zero-order valence-corrected chi connectivity index (χ0v) is 15.1. The number of carbonyl (C=O) groups is 2. The molecule has 1 aliphatic heterocycles. The number of nitrogens with one attached hydrogen (secondary N) is 1. The van der Waals surface area contributed by atoms with Crippen LogP contribution in [0.3, 0.4) is 0 Å². The molecule has 0 saturated carbocycles. The van der Waals surface area contributed by atoms with Gasteiger partial charge in [0.1, 0.15) is 0 Å². The smallest absolute Gasteiger partial charge is 0.229 e. The van der Waals surface area contributed by atoms with E-state index in [0.717, 1.165) is 15.8 Å². The van der Waals surface area contributed by atoms with Gasteiger partial charge in [-0.1, -0.05) is 22.6 Å². The van der Waals surface area contributed by atoms with Crippen LogP contribution in [0, 0.1) is 12.8 Å². The second kappa shape index (κ2) is 6.83. The first-order chi connectivity index (χ1) is 12.6. The number of carbonyl (C=O) groups excluding carboxylic acids is 2. The quantitative estimate of drug-likeness (QED) is 0.732. The molecule has 2 aromatic heterocycles. The fourth-order valence-electron chi connectivity index (χ4n) is 2.99. The van der Waals surface area contributed by atoms with Crippen molar-refractivity contribution >= 4 is 38.5 Å². The molecule has 8 nitrogen and oxygen atoms in total.